The van der Waals surface area contributed by atoms with Crippen LogP contribution in [0.2, 0.25) is 0 Å². The van der Waals surface area contributed by atoms with Crippen LogP contribution in [0.15, 0.2) is 23.1 Å². The minimum absolute atomic E-state index is 0.104. The first-order chi connectivity index (χ1) is 9.26. The van der Waals surface area contributed by atoms with Crippen molar-refractivity contribution in [3.05, 3.63) is 21.8 Å². The molecule has 1 aromatic rings. The Bertz CT molecular complexity index is 675. The van der Waals surface area contributed by atoms with Crippen molar-refractivity contribution in [1.29, 1.82) is 0 Å². The van der Waals surface area contributed by atoms with Crippen LogP contribution in [-0.2, 0) is 13.8 Å². The van der Waals surface area contributed by atoms with Gasteiger partial charge in [-0.25, -0.2) is 8.42 Å². The quantitative estimate of drug-likeness (QED) is 0.540. The monoisotopic (exact) mass is 457 g/mol. The summed E-state index contributed by atoms with van der Waals surface area (Å²) in [6.07, 6.45) is -5.15. The standard InChI is InChI=1S/C10H8ClF3INO4S/c1-9(18,10(12,13)14)8(17)16-5-2-3-7(6(15)4-5)21(11,19)20/h2-4,18H,1H3,(H,16,17). The van der Waals surface area contributed by atoms with Gasteiger partial charge >= 0.3 is 6.18 Å². The maximum Gasteiger partial charge on any atom is 0.426 e. The van der Waals surface area contributed by atoms with Crippen molar-refractivity contribution < 1.29 is 31.5 Å². The molecule has 1 rings (SSSR count). The first-order valence-electron chi connectivity index (χ1n) is 5.11. The number of rotatable bonds is 3. The van der Waals surface area contributed by atoms with Gasteiger partial charge in [-0.15, -0.1) is 0 Å². The van der Waals surface area contributed by atoms with Crippen molar-refractivity contribution in [1.82, 2.24) is 0 Å². The predicted molar refractivity (Wildman–Crippen MR) is 77.5 cm³/mol. The molecule has 0 aromatic heterocycles. The summed E-state index contributed by atoms with van der Waals surface area (Å²) in [6, 6.07) is 3.20. The topological polar surface area (TPSA) is 83.5 Å². The van der Waals surface area contributed by atoms with Crippen molar-refractivity contribution in [2.75, 3.05) is 5.32 Å². The summed E-state index contributed by atoms with van der Waals surface area (Å²) in [7, 11) is 1.14. The van der Waals surface area contributed by atoms with E-state index in [1.165, 1.54) is 0 Å². The van der Waals surface area contributed by atoms with E-state index in [-0.39, 0.29) is 14.2 Å². The van der Waals surface area contributed by atoms with E-state index in [9.17, 15) is 31.5 Å². The molecule has 0 fully saturated rings. The van der Waals surface area contributed by atoms with E-state index in [0.717, 1.165) is 18.2 Å². The number of benzene rings is 1. The zero-order valence-electron chi connectivity index (χ0n) is 10.2. The number of carbonyl (C=O) groups excluding carboxylic acids is 1. The van der Waals surface area contributed by atoms with Gasteiger partial charge in [-0.1, -0.05) is 0 Å². The van der Waals surface area contributed by atoms with E-state index in [0.29, 0.717) is 6.92 Å². The zero-order chi connectivity index (χ0) is 16.6. The largest absolute Gasteiger partial charge is 0.426 e. The summed E-state index contributed by atoms with van der Waals surface area (Å²) >= 11 is 1.60. The maximum absolute atomic E-state index is 12.5. The summed E-state index contributed by atoms with van der Waals surface area (Å²) in [5.41, 5.74) is -3.69. The number of aliphatic hydroxyl groups is 1. The van der Waals surface area contributed by atoms with Gasteiger partial charge < -0.3 is 10.4 Å². The molecule has 11 heteroatoms. The Balaban J connectivity index is 3.06. The first kappa shape index (κ1) is 18.5. The number of hydrogen-bond acceptors (Lipinski definition) is 4. The number of carbonyl (C=O) groups is 1. The maximum atomic E-state index is 12.5. The lowest BCUT2D eigenvalue weighted by atomic mass is 10.1. The van der Waals surface area contributed by atoms with Crippen molar-refractivity contribution in [3.8, 4) is 0 Å². The Labute approximate surface area is 136 Å². The summed E-state index contributed by atoms with van der Waals surface area (Å²) in [5.74, 6) is -1.69. The summed E-state index contributed by atoms with van der Waals surface area (Å²) in [4.78, 5) is 11.2. The average molecular weight is 458 g/mol. The van der Waals surface area contributed by atoms with Gasteiger partial charge in [0.05, 0.1) is 4.90 Å². The first-order valence-corrected chi connectivity index (χ1v) is 8.50. The molecule has 0 heterocycles. The van der Waals surface area contributed by atoms with Crippen LogP contribution in [0.3, 0.4) is 0 Å². The fraction of sp³-hybridized carbons (Fsp3) is 0.300. The van der Waals surface area contributed by atoms with Gasteiger partial charge in [0, 0.05) is 19.9 Å². The number of alkyl halides is 3. The fourth-order valence-electron chi connectivity index (χ4n) is 1.16. The average Bonchev–Trinajstić information content (AvgIpc) is 2.25. The van der Waals surface area contributed by atoms with Gasteiger partial charge in [-0.3, -0.25) is 4.79 Å². The van der Waals surface area contributed by atoms with E-state index < -0.39 is 26.7 Å². The molecule has 0 bridgehead atoms. The Morgan fingerprint density at radius 1 is 1.38 bits per heavy atom. The van der Waals surface area contributed by atoms with Crippen LogP contribution >= 0.6 is 33.3 Å². The Hall–Kier alpha value is -0.590. The molecular formula is C10H8ClF3INO4S. The van der Waals surface area contributed by atoms with Gasteiger partial charge in [-0.2, -0.15) is 13.2 Å². The highest BCUT2D eigenvalue weighted by molar-refractivity contribution is 14.1. The predicted octanol–water partition coefficient (Wildman–Crippen LogP) is 2.47. The van der Waals surface area contributed by atoms with Crippen LogP contribution in [0.4, 0.5) is 18.9 Å². The lowest BCUT2D eigenvalue weighted by Crippen LogP contribution is -2.52. The van der Waals surface area contributed by atoms with Gasteiger partial charge in [0.1, 0.15) is 0 Å². The molecule has 21 heavy (non-hydrogen) atoms. The van der Waals surface area contributed by atoms with Gasteiger partial charge in [0.2, 0.25) is 5.60 Å². The molecule has 0 aliphatic heterocycles. The normalized spacial score (nSPS) is 15.4. The van der Waals surface area contributed by atoms with Crippen molar-refractivity contribution in [3.63, 3.8) is 0 Å². The van der Waals surface area contributed by atoms with Gasteiger partial charge in [0.25, 0.3) is 15.0 Å². The Morgan fingerprint density at radius 2 is 1.90 bits per heavy atom. The molecule has 1 aromatic carbocycles. The second kappa shape index (κ2) is 5.89. The molecule has 0 aliphatic carbocycles. The Kier molecular flexibility index (Phi) is 5.18. The van der Waals surface area contributed by atoms with Gasteiger partial charge in [-0.05, 0) is 47.7 Å². The SMILES string of the molecule is CC(O)(C(=O)Nc1ccc(S(=O)(=O)Cl)c(I)c1)C(F)(F)F. The minimum atomic E-state index is -5.15. The van der Waals surface area contributed by atoms with Crippen LogP contribution < -0.4 is 5.32 Å². The highest BCUT2D eigenvalue weighted by Crippen LogP contribution is 2.31. The molecule has 0 radical (unpaired) electrons. The van der Waals surface area contributed by atoms with E-state index in [2.05, 4.69) is 0 Å². The Morgan fingerprint density at radius 3 is 2.29 bits per heavy atom. The third kappa shape index (κ3) is 4.20. The summed E-state index contributed by atoms with van der Waals surface area (Å²) in [5, 5.41) is 11.0. The molecule has 1 atom stereocenters. The molecule has 5 nitrogen and oxygen atoms in total. The fourth-order valence-corrected chi connectivity index (χ4v) is 3.86. The van der Waals surface area contributed by atoms with Crippen LogP contribution in [-0.4, -0.2) is 31.2 Å². The lowest BCUT2D eigenvalue weighted by Gasteiger charge is -2.24. The zero-order valence-corrected chi connectivity index (χ0v) is 13.9. The van der Waals surface area contributed by atoms with E-state index in [1.54, 1.807) is 22.6 Å². The molecule has 0 aliphatic rings. The number of amides is 1. The molecule has 2 N–H and O–H groups in total. The lowest BCUT2D eigenvalue weighted by molar-refractivity contribution is -0.242. The summed E-state index contributed by atoms with van der Waals surface area (Å²) < 4.78 is 59.9. The molecule has 0 spiro atoms. The minimum Gasteiger partial charge on any atom is -0.373 e. The number of nitrogens with one attached hydrogen (secondary N) is 1. The summed E-state index contributed by atoms with van der Waals surface area (Å²) in [6.45, 7) is 0.310. The second-order valence-electron chi connectivity index (χ2n) is 4.11. The molecule has 1 unspecified atom stereocenters. The molecule has 0 saturated heterocycles. The highest BCUT2D eigenvalue weighted by Gasteiger charge is 2.55. The van der Waals surface area contributed by atoms with Crippen LogP contribution in [0.25, 0.3) is 0 Å². The van der Waals surface area contributed by atoms with Crippen LogP contribution in [0, 0.1) is 3.57 Å². The molecular weight excluding hydrogens is 450 g/mol. The van der Waals surface area contributed by atoms with Crippen LogP contribution in [0.5, 0.6) is 0 Å². The molecule has 0 saturated carbocycles. The van der Waals surface area contributed by atoms with Gasteiger partial charge in [0.15, 0.2) is 0 Å². The molecule has 118 valence electrons. The second-order valence-corrected chi connectivity index (χ2v) is 7.80. The third-order valence-corrected chi connectivity index (χ3v) is 5.09. The molecule has 1 amide bonds. The van der Waals surface area contributed by atoms with E-state index in [1.807, 2.05) is 5.32 Å². The van der Waals surface area contributed by atoms with Crippen molar-refractivity contribution >= 4 is 53.9 Å². The van der Waals surface area contributed by atoms with E-state index in [4.69, 9.17) is 10.7 Å². The van der Waals surface area contributed by atoms with Crippen LogP contribution in [0.1, 0.15) is 6.92 Å². The smallest absolute Gasteiger partial charge is 0.373 e. The van der Waals surface area contributed by atoms with Crippen molar-refractivity contribution in [2.24, 2.45) is 0 Å². The van der Waals surface area contributed by atoms with Crippen molar-refractivity contribution in [2.45, 2.75) is 23.6 Å². The number of halogens is 5. The van der Waals surface area contributed by atoms with E-state index >= 15 is 0 Å². The highest BCUT2D eigenvalue weighted by atomic mass is 127. The third-order valence-electron chi connectivity index (χ3n) is 2.45. The number of anilines is 1. The number of hydrogen-bond donors (Lipinski definition) is 2.